The van der Waals surface area contributed by atoms with Crippen molar-refractivity contribution in [3.05, 3.63) is 70.4 Å². The van der Waals surface area contributed by atoms with Crippen molar-refractivity contribution >= 4 is 11.6 Å². The molecule has 0 saturated heterocycles. The van der Waals surface area contributed by atoms with E-state index in [1.165, 1.54) is 16.8 Å². The van der Waals surface area contributed by atoms with Gasteiger partial charge in [-0.3, -0.25) is 14.9 Å². The SMILES string of the molecule is COCCCNC(=O)c1cc(-c2ccc(OC)cc2)nn1-c1ccc([N+](=O)[O-])cc1. The van der Waals surface area contributed by atoms with Crippen molar-refractivity contribution in [2.45, 2.75) is 6.42 Å². The number of rotatable bonds is 9. The quantitative estimate of drug-likeness (QED) is 0.330. The molecular formula is C21H22N4O5. The number of nitrogens with one attached hydrogen (secondary N) is 1. The van der Waals surface area contributed by atoms with Gasteiger partial charge in [0.2, 0.25) is 0 Å². The molecule has 2 aromatic carbocycles. The molecule has 9 heteroatoms. The lowest BCUT2D eigenvalue weighted by molar-refractivity contribution is -0.384. The largest absolute Gasteiger partial charge is 0.497 e. The maximum absolute atomic E-state index is 12.8. The van der Waals surface area contributed by atoms with E-state index in [9.17, 15) is 14.9 Å². The van der Waals surface area contributed by atoms with Gasteiger partial charge in [0, 0.05) is 38.0 Å². The van der Waals surface area contributed by atoms with Crippen LogP contribution in [0.4, 0.5) is 5.69 Å². The molecular weight excluding hydrogens is 388 g/mol. The van der Waals surface area contributed by atoms with Gasteiger partial charge in [-0.15, -0.1) is 0 Å². The number of carbonyl (C=O) groups is 1. The zero-order valence-electron chi connectivity index (χ0n) is 16.7. The number of nitrogens with zero attached hydrogens (tertiary/aromatic N) is 3. The van der Waals surface area contributed by atoms with Crippen molar-refractivity contribution in [1.82, 2.24) is 15.1 Å². The minimum atomic E-state index is -0.473. The third-order valence-corrected chi connectivity index (χ3v) is 4.44. The number of nitro benzene ring substituents is 1. The summed E-state index contributed by atoms with van der Waals surface area (Å²) in [5, 5.41) is 18.4. The van der Waals surface area contributed by atoms with E-state index in [1.807, 2.05) is 24.3 Å². The Morgan fingerprint density at radius 1 is 1.13 bits per heavy atom. The van der Waals surface area contributed by atoms with Crippen molar-refractivity contribution < 1.29 is 19.2 Å². The van der Waals surface area contributed by atoms with Crippen LogP contribution in [-0.4, -0.2) is 48.0 Å². The number of amides is 1. The first-order chi connectivity index (χ1) is 14.5. The number of aromatic nitrogens is 2. The molecule has 9 nitrogen and oxygen atoms in total. The zero-order valence-corrected chi connectivity index (χ0v) is 16.7. The first-order valence-corrected chi connectivity index (χ1v) is 9.30. The van der Waals surface area contributed by atoms with E-state index in [2.05, 4.69) is 10.4 Å². The molecule has 0 radical (unpaired) electrons. The second-order valence-corrected chi connectivity index (χ2v) is 6.43. The third-order valence-electron chi connectivity index (χ3n) is 4.44. The fourth-order valence-corrected chi connectivity index (χ4v) is 2.87. The van der Waals surface area contributed by atoms with E-state index in [0.29, 0.717) is 42.4 Å². The summed E-state index contributed by atoms with van der Waals surface area (Å²) in [4.78, 5) is 23.2. The molecule has 1 heterocycles. The number of carbonyl (C=O) groups excluding carboxylic acids is 1. The number of methoxy groups -OCH3 is 2. The lowest BCUT2D eigenvalue weighted by atomic mass is 10.1. The highest BCUT2D eigenvalue weighted by atomic mass is 16.6. The van der Waals surface area contributed by atoms with Crippen LogP contribution >= 0.6 is 0 Å². The molecule has 0 atom stereocenters. The maximum atomic E-state index is 12.8. The summed E-state index contributed by atoms with van der Waals surface area (Å²) in [5.74, 6) is 0.418. The highest BCUT2D eigenvalue weighted by Crippen LogP contribution is 2.25. The number of benzene rings is 2. The average molecular weight is 410 g/mol. The molecule has 0 saturated carbocycles. The van der Waals surface area contributed by atoms with Crippen LogP contribution in [0.2, 0.25) is 0 Å². The van der Waals surface area contributed by atoms with Crippen LogP contribution in [0.25, 0.3) is 16.9 Å². The molecule has 156 valence electrons. The van der Waals surface area contributed by atoms with E-state index in [-0.39, 0.29) is 11.6 Å². The van der Waals surface area contributed by atoms with E-state index >= 15 is 0 Å². The van der Waals surface area contributed by atoms with Gasteiger partial charge in [-0.05, 0) is 48.9 Å². The van der Waals surface area contributed by atoms with Gasteiger partial charge in [-0.25, -0.2) is 4.68 Å². The predicted molar refractivity (Wildman–Crippen MR) is 111 cm³/mol. The van der Waals surface area contributed by atoms with E-state index in [1.54, 1.807) is 32.4 Å². The van der Waals surface area contributed by atoms with Crippen LogP contribution in [-0.2, 0) is 4.74 Å². The van der Waals surface area contributed by atoms with Gasteiger partial charge >= 0.3 is 0 Å². The Kier molecular flexibility index (Phi) is 6.76. The Hall–Kier alpha value is -3.72. The fourth-order valence-electron chi connectivity index (χ4n) is 2.87. The van der Waals surface area contributed by atoms with E-state index < -0.39 is 4.92 Å². The first kappa shape index (κ1) is 21.0. The second kappa shape index (κ2) is 9.66. The molecule has 30 heavy (non-hydrogen) atoms. The summed E-state index contributed by atoms with van der Waals surface area (Å²) in [7, 11) is 3.19. The monoisotopic (exact) mass is 410 g/mol. The average Bonchev–Trinajstić information content (AvgIpc) is 3.22. The normalized spacial score (nSPS) is 10.6. The van der Waals surface area contributed by atoms with Gasteiger partial charge in [0.25, 0.3) is 11.6 Å². The fraction of sp³-hybridized carbons (Fsp3) is 0.238. The lowest BCUT2D eigenvalue weighted by Crippen LogP contribution is -2.27. The molecule has 0 spiro atoms. The number of nitro groups is 1. The van der Waals surface area contributed by atoms with Crippen molar-refractivity contribution in [2.75, 3.05) is 27.4 Å². The van der Waals surface area contributed by atoms with Crippen LogP contribution < -0.4 is 10.1 Å². The minimum absolute atomic E-state index is 0.0353. The van der Waals surface area contributed by atoms with Gasteiger partial charge in [-0.1, -0.05) is 0 Å². The van der Waals surface area contributed by atoms with Crippen molar-refractivity contribution in [1.29, 1.82) is 0 Å². The summed E-state index contributed by atoms with van der Waals surface area (Å²) in [6.07, 6.45) is 0.680. The lowest BCUT2D eigenvalue weighted by Gasteiger charge is -2.08. The molecule has 1 aromatic heterocycles. The standard InChI is InChI=1S/C21H22N4O5/c1-29-13-3-12-22-21(26)20-14-19(15-4-10-18(30-2)11-5-15)23-24(20)16-6-8-17(9-7-16)25(27)28/h4-11,14H,3,12-13H2,1-2H3,(H,22,26). The maximum Gasteiger partial charge on any atom is 0.270 e. The summed E-state index contributed by atoms with van der Waals surface area (Å²) in [6.45, 7) is 0.995. The zero-order chi connectivity index (χ0) is 21.5. The van der Waals surface area contributed by atoms with Crippen molar-refractivity contribution in [3.63, 3.8) is 0 Å². The number of hydrogen-bond donors (Lipinski definition) is 1. The summed E-state index contributed by atoms with van der Waals surface area (Å²) in [5.41, 5.74) is 2.24. The molecule has 0 aliphatic heterocycles. The Morgan fingerprint density at radius 2 is 1.83 bits per heavy atom. The Bertz CT molecular complexity index is 1010. The van der Waals surface area contributed by atoms with Crippen molar-refractivity contribution in [2.24, 2.45) is 0 Å². The van der Waals surface area contributed by atoms with Gasteiger partial charge in [0.1, 0.15) is 11.4 Å². The van der Waals surface area contributed by atoms with Crippen molar-refractivity contribution in [3.8, 4) is 22.7 Å². The first-order valence-electron chi connectivity index (χ1n) is 9.30. The van der Waals surface area contributed by atoms with Gasteiger partial charge in [-0.2, -0.15) is 5.10 Å². The molecule has 0 aliphatic carbocycles. The summed E-state index contributed by atoms with van der Waals surface area (Å²) in [6, 6.07) is 14.9. The molecule has 0 unspecified atom stereocenters. The molecule has 0 aliphatic rings. The molecule has 3 aromatic rings. The van der Waals surface area contributed by atoms with Crippen LogP contribution in [0.5, 0.6) is 5.75 Å². The van der Waals surface area contributed by atoms with Gasteiger partial charge < -0.3 is 14.8 Å². The van der Waals surface area contributed by atoms with Gasteiger partial charge in [0.05, 0.1) is 23.4 Å². The Balaban J connectivity index is 1.96. The Labute approximate surface area is 173 Å². The number of hydrogen-bond acceptors (Lipinski definition) is 6. The molecule has 0 fully saturated rings. The van der Waals surface area contributed by atoms with Gasteiger partial charge in [0.15, 0.2) is 0 Å². The third kappa shape index (κ3) is 4.81. The molecule has 1 N–H and O–H groups in total. The minimum Gasteiger partial charge on any atom is -0.497 e. The van der Waals surface area contributed by atoms with Crippen LogP contribution in [0.1, 0.15) is 16.9 Å². The number of non-ortho nitro benzene ring substituents is 1. The smallest absolute Gasteiger partial charge is 0.270 e. The summed E-state index contributed by atoms with van der Waals surface area (Å²) < 4.78 is 11.7. The van der Waals surface area contributed by atoms with E-state index in [4.69, 9.17) is 9.47 Å². The summed E-state index contributed by atoms with van der Waals surface area (Å²) >= 11 is 0. The second-order valence-electron chi connectivity index (χ2n) is 6.43. The van der Waals surface area contributed by atoms with Crippen LogP contribution in [0, 0.1) is 10.1 Å². The highest BCUT2D eigenvalue weighted by molar-refractivity contribution is 5.94. The topological polar surface area (TPSA) is 109 Å². The van der Waals surface area contributed by atoms with E-state index in [0.717, 1.165) is 5.56 Å². The highest BCUT2D eigenvalue weighted by Gasteiger charge is 2.18. The van der Waals surface area contributed by atoms with Crippen LogP contribution in [0.15, 0.2) is 54.6 Å². The number of ether oxygens (including phenoxy) is 2. The Morgan fingerprint density at radius 3 is 2.43 bits per heavy atom. The molecule has 1 amide bonds. The van der Waals surface area contributed by atoms with Crippen LogP contribution in [0.3, 0.4) is 0 Å². The molecule has 3 rings (SSSR count). The predicted octanol–water partition coefficient (Wildman–Crippen LogP) is 3.22. The molecule has 0 bridgehead atoms.